The van der Waals surface area contributed by atoms with Crippen LogP contribution in [0.5, 0.6) is 0 Å². The highest BCUT2D eigenvalue weighted by atomic mass is 16.5. The van der Waals surface area contributed by atoms with E-state index in [-0.39, 0.29) is 0 Å². The Labute approximate surface area is 57.6 Å². The molecule has 0 radical (unpaired) electrons. The Bertz CT molecular complexity index is 40.5. The molecule has 2 nitrogen and oxygen atoms in total. The van der Waals surface area contributed by atoms with E-state index in [1.54, 1.807) is 0 Å². The molecule has 56 valence electrons. The first-order valence-corrected chi connectivity index (χ1v) is 3.52. The number of nitrogens with one attached hydrogen (secondary N) is 1. The lowest BCUT2D eigenvalue weighted by Gasteiger charge is -1.79. The highest BCUT2D eigenvalue weighted by Gasteiger charge is 1.92. The van der Waals surface area contributed by atoms with Gasteiger partial charge in [-0.3, -0.25) is 5.32 Å². The van der Waals surface area contributed by atoms with Crippen LogP contribution in [0, 0.1) is 5.92 Å². The van der Waals surface area contributed by atoms with E-state index in [1.165, 1.54) is 0 Å². The first-order valence-electron chi connectivity index (χ1n) is 3.52. The number of ether oxygens (including phenoxy) is 1. The van der Waals surface area contributed by atoms with Crippen LogP contribution in [0.3, 0.4) is 0 Å². The van der Waals surface area contributed by atoms with Gasteiger partial charge in [0.1, 0.15) is 0 Å². The van der Waals surface area contributed by atoms with Gasteiger partial charge in [-0.25, -0.2) is 0 Å². The van der Waals surface area contributed by atoms with Crippen molar-refractivity contribution in [2.75, 3.05) is 19.9 Å². The molecule has 1 saturated heterocycles. The molecule has 1 N–H and O–H groups in total. The zero-order chi connectivity index (χ0) is 7.11. The maximum Gasteiger partial charge on any atom is 0.0966 e. The minimum absolute atomic E-state index is 0.750. The topological polar surface area (TPSA) is 21.3 Å². The van der Waals surface area contributed by atoms with E-state index < -0.39 is 0 Å². The number of rotatable bonds is 0. The van der Waals surface area contributed by atoms with Gasteiger partial charge in [0, 0.05) is 6.54 Å². The maximum atomic E-state index is 4.83. The summed E-state index contributed by atoms with van der Waals surface area (Å²) in [6.45, 7) is 9.17. The van der Waals surface area contributed by atoms with Crippen LogP contribution in [0.4, 0.5) is 0 Å². The van der Waals surface area contributed by atoms with Crippen molar-refractivity contribution in [1.82, 2.24) is 5.32 Å². The molecule has 1 rings (SSSR count). The fourth-order valence-electron chi connectivity index (χ4n) is 0.361. The molecular weight excluding hydrogens is 114 g/mol. The van der Waals surface area contributed by atoms with Gasteiger partial charge in [0.2, 0.25) is 0 Å². The van der Waals surface area contributed by atoms with Gasteiger partial charge in [-0.2, -0.15) is 0 Å². The summed E-state index contributed by atoms with van der Waals surface area (Å²) in [5, 5.41) is 3.00. The molecule has 0 spiro atoms. The SMILES string of the molecule is C1COCN1.CC(C)C. The van der Waals surface area contributed by atoms with E-state index in [2.05, 4.69) is 26.1 Å². The second-order valence-corrected chi connectivity index (χ2v) is 2.78. The maximum absolute atomic E-state index is 4.83. The average Bonchev–Trinajstić information content (AvgIpc) is 2.11. The fraction of sp³-hybridized carbons (Fsp3) is 1.00. The zero-order valence-electron chi connectivity index (χ0n) is 6.61. The van der Waals surface area contributed by atoms with E-state index in [1.807, 2.05) is 0 Å². The molecule has 2 heteroatoms. The molecule has 0 aromatic rings. The summed E-state index contributed by atoms with van der Waals surface area (Å²) >= 11 is 0. The van der Waals surface area contributed by atoms with Crippen LogP contribution in [0.1, 0.15) is 20.8 Å². The van der Waals surface area contributed by atoms with E-state index >= 15 is 0 Å². The zero-order valence-corrected chi connectivity index (χ0v) is 6.61. The smallest absolute Gasteiger partial charge is 0.0966 e. The van der Waals surface area contributed by atoms with Gasteiger partial charge in [-0.05, 0) is 5.92 Å². The Hall–Kier alpha value is -0.0800. The summed E-state index contributed by atoms with van der Waals surface area (Å²) in [7, 11) is 0. The van der Waals surface area contributed by atoms with Crippen molar-refractivity contribution in [2.24, 2.45) is 5.92 Å². The third-order valence-electron chi connectivity index (χ3n) is 0.627. The highest BCUT2D eigenvalue weighted by Crippen LogP contribution is 1.81. The van der Waals surface area contributed by atoms with Crippen LogP contribution in [0.25, 0.3) is 0 Å². The molecule has 0 unspecified atom stereocenters. The van der Waals surface area contributed by atoms with Gasteiger partial charge in [-0.1, -0.05) is 20.8 Å². The van der Waals surface area contributed by atoms with Crippen molar-refractivity contribution in [1.29, 1.82) is 0 Å². The first-order chi connectivity index (χ1) is 4.23. The second-order valence-electron chi connectivity index (χ2n) is 2.78. The number of hydrogen-bond donors (Lipinski definition) is 1. The molecule has 1 fully saturated rings. The summed E-state index contributed by atoms with van der Waals surface area (Å²) in [5.41, 5.74) is 0. The summed E-state index contributed by atoms with van der Waals surface area (Å²) in [6, 6.07) is 0. The predicted octanol–water partition coefficient (Wildman–Crippen LogP) is 1.23. The van der Waals surface area contributed by atoms with Crippen molar-refractivity contribution in [3.63, 3.8) is 0 Å². The summed E-state index contributed by atoms with van der Waals surface area (Å²) in [5.74, 6) is 0.833. The summed E-state index contributed by atoms with van der Waals surface area (Å²) in [6.07, 6.45) is 0. The van der Waals surface area contributed by atoms with Crippen molar-refractivity contribution in [2.45, 2.75) is 20.8 Å². The highest BCUT2D eigenvalue weighted by molar-refractivity contribution is 4.43. The Kier molecular flexibility index (Phi) is 5.99. The molecule has 1 heterocycles. The molecule has 1 aliphatic rings. The molecule has 0 aliphatic carbocycles. The third kappa shape index (κ3) is 11.5. The van der Waals surface area contributed by atoms with Crippen molar-refractivity contribution in [3.05, 3.63) is 0 Å². The molecule has 0 bridgehead atoms. The minimum Gasteiger partial charge on any atom is -0.365 e. The quantitative estimate of drug-likeness (QED) is 0.534. The molecule has 0 amide bonds. The lowest BCUT2D eigenvalue weighted by atomic mass is 10.3. The minimum atomic E-state index is 0.750. The van der Waals surface area contributed by atoms with E-state index in [0.29, 0.717) is 0 Å². The predicted molar refractivity (Wildman–Crippen MR) is 39.3 cm³/mol. The van der Waals surface area contributed by atoms with E-state index in [9.17, 15) is 0 Å². The molecular formula is C7H17NO. The van der Waals surface area contributed by atoms with Gasteiger partial charge in [0.15, 0.2) is 0 Å². The normalized spacial score (nSPS) is 17.3. The van der Waals surface area contributed by atoms with Gasteiger partial charge >= 0.3 is 0 Å². The Morgan fingerprint density at radius 2 is 1.89 bits per heavy atom. The van der Waals surface area contributed by atoms with Crippen LogP contribution in [-0.4, -0.2) is 19.9 Å². The third-order valence-corrected chi connectivity index (χ3v) is 0.627. The molecule has 0 aromatic heterocycles. The van der Waals surface area contributed by atoms with Crippen LogP contribution < -0.4 is 5.32 Å². The van der Waals surface area contributed by atoms with Gasteiger partial charge in [-0.15, -0.1) is 0 Å². The van der Waals surface area contributed by atoms with Crippen molar-refractivity contribution >= 4 is 0 Å². The summed E-state index contributed by atoms with van der Waals surface area (Å²) < 4.78 is 4.83. The van der Waals surface area contributed by atoms with Gasteiger partial charge in [0.25, 0.3) is 0 Å². The first kappa shape index (κ1) is 8.92. The molecule has 9 heavy (non-hydrogen) atoms. The lowest BCUT2D eigenvalue weighted by molar-refractivity contribution is 0.194. The molecule has 1 aliphatic heterocycles. The van der Waals surface area contributed by atoms with E-state index in [4.69, 9.17) is 4.74 Å². The standard InChI is InChI=1S/C4H10.C3H7NO/c1-4(2)3;1-2-5-3-4-1/h4H,1-3H3;4H,1-3H2. The molecule has 0 saturated carbocycles. The van der Waals surface area contributed by atoms with E-state index in [0.717, 1.165) is 25.8 Å². The lowest BCUT2D eigenvalue weighted by Crippen LogP contribution is -2.05. The Morgan fingerprint density at radius 1 is 1.33 bits per heavy atom. The Morgan fingerprint density at radius 3 is 2.00 bits per heavy atom. The van der Waals surface area contributed by atoms with Gasteiger partial charge in [0.05, 0.1) is 13.3 Å². The molecule has 0 aromatic carbocycles. The van der Waals surface area contributed by atoms with Gasteiger partial charge < -0.3 is 4.74 Å². The van der Waals surface area contributed by atoms with Crippen LogP contribution in [-0.2, 0) is 4.74 Å². The van der Waals surface area contributed by atoms with Crippen LogP contribution in [0.2, 0.25) is 0 Å². The van der Waals surface area contributed by atoms with Crippen molar-refractivity contribution < 1.29 is 4.74 Å². The van der Waals surface area contributed by atoms with Crippen LogP contribution >= 0.6 is 0 Å². The number of hydrogen-bond acceptors (Lipinski definition) is 2. The van der Waals surface area contributed by atoms with Crippen LogP contribution in [0.15, 0.2) is 0 Å². The monoisotopic (exact) mass is 131 g/mol. The summed E-state index contributed by atoms with van der Waals surface area (Å²) in [4.78, 5) is 0. The Balaban J connectivity index is 0.000000148. The second kappa shape index (κ2) is 6.05. The fourth-order valence-corrected chi connectivity index (χ4v) is 0.361. The average molecular weight is 131 g/mol. The molecule has 0 atom stereocenters. The largest absolute Gasteiger partial charge is 0.365 e. The van der Waals surface area contributed by atoms with Crippen molar-refractivity contribution in [3.8, 4) is 0 Å².